The molecule has 1 aromatic rings. The van der Waals surface area contributed by atoms with E-state index in [-0.39, 0.29) is 11.4 Å². The van der Waals surface area contributed by atoms with Crippen LogP contribution >= 0.6 is 18.2 Å². The second-order valence-corrected chi connectivity index (χ2v) is 6.35. The fraction of sp³-hybridized carbons (Fsp3) is 0.400. The lowest BCUT2D eigenvalue weighted by atomic mass is 10.3. The van der Waals surface area contributed by atoms with Gasteiger partial charge in [0.2, 0.25) is 0 Å². The normalized spacial score (nSPS) is 19.2. The van der Waals surface area contributed by atoms with Gasteiger partial charge in [0, 0.05) is 36.5 Å². The second kappa shape index (κ2) is 6.51. The number of hydrogen-bond donors (Lipinski definition) is 0. The van der Waals surface area contributed by atoms with Crippen LogP contribution in [0.3, 0.4) is 0 Å². The van der Waals surface area contributed by atoms with Gasteiger partial charge in [-0.2, -0.15) is 9.69 Å². The Hall–Kier alpha value is -1.18. The quantitative estimate of drug-likeness (QED) is 0.467. The summed E-state index contributed by atoms with van der Waals surface area (Å²) in [4.78, 5) is 9.95. The molecule has 0 radical (unpaired) electrons. The van der Waals surface area contributed by atoms with Gasteiger partial charge < -0.3 is 9.26 Å². The van der Waals surface area contributed by atoms with Crippen LogP contribution in [0.4, 0.5) is 5.69 Å². The number of nitrogens with zero attached hydrogens (tertiary/aromatic N) is 2. The van der Waals surface area contributed by atoms with E-state index in [1.165, 1.54) is 29.3 Å². The maximum Gasteiger partial charge on any atom is 0.493 e. The Labute approximate surface area is 119 Å². The summed E-state index contributed by atoms with van der Waals surface area (Å²) >= 11 is 5.70. The molecule has 1 atom stereocenters. The predicted octanol–water partition coefficient (Wildman–Crippen LogP) is 2.58. The summed E-state index contributed by atoms with van der Waals surface area (Å²) in [7, 11) is 0. The first kappa shape index (κ1) is 15.2. The van der Waals surface area contributed by atoms with Gasteiger partial charge in [-0.1, -0.05) is 0 Å². The number of nitro benzene ring substituents is 1. The summed E-state index contributed by atoms with van der Waals surface area (Å²) < 4.78 is 27.2. The van der Waals surface area contributed by atoms with Crippen LogP contribution in [0.15, 0.2) is 24.3 Å². The first-order valence-corrected chi connectivity index (χ1v) is 8.17. The fourth-order valence-corrected chi connectivity index (χ4v) is 2.88. The van der Waals surface area contributed by atoms with Crippen LogP contribution in [0.25, 0.3) is 0 Å². The summed E-state index contributed by atoms with van der Waals surface area (Å²) in [5.74, 6) is 0.127. The first-order chi connectivity index (χ1) is 9.46. The van der Waals surface area contributed by atoms with E-state index in [1.54, 1.807) is 0 Å². The van der Waals surface area contributed by atoms with Crippen LogP contribution in [0.2, 0.25) is 0 Å². The maximum absolute atomic E-state index is 12.0. The van der Waals surface area contributed by atoms with Crippen molar-refractivity contribution in [3.8, 4) is 5.75 Å². The number of hydrogen-bond acceptors (Lipinski definition) is 7. The molecule has 0 saturated carbocycles. The lowest BCUT2D eigenvalue weighted by molar-refractivity contribution is -0.384. The largest absolute Gasteiger partial charge is 0.493 e. The molecule has 0 aromatic heterocycles. The molecule has 10 heteroatoms. The Morgan fingerprint density at radius 2 is 1.90 bits per heavy atom. The topological polar surface area (TPSA) is 91.1 Å². The number of ether oxygens (including phenoxy) is 1. The summed E-state index contributed by atoms with van der Waals surface area (Å²) in [5, 5.41) is 11.9. The molecule has 0 N–H and O–H groups in total. The SMILES string of the molecule is O=[N+]([O-])c1ccc(OP(=O)(Cl)ON2CCOCC2)cc1. The molecule has 0 amide bonds. The number of rotatable bonds is 5. The number of halogens is 1. The Kier molecular flexibility index (Phi) is 4.95. The molecule has 20 heavy (non-hydrogen) atoms. The summed E-state index contributed by atoms with van der Waals surface area (Å²) in [6, 6.07) is 5.05. The molecular weight excluding hydrogens is 311 g/mol. The molecule has 2 rings (SSSR count). The van der Waals surface area contributed by atoms with Gasteiger partial charge in [0.25, 0.3) is 5.69 Å². The zero-order valence-corrected chi connectivity index (χ0v) is 12.0. The predicted molar refractivity (Wildman–Crippen MR) is 70.7 cm³/mol. The average molecular weight is 323 g/mol. The van der Waals surface area contributed by atoms with E-state index in [0.29, 0.717) is 26.3 Å². The highest BCUT2D eigenvalue weighted by Gasteiger charge is 2.28. The second-order valence-electron chi connectivity index (χ2n) is 3.90. The first-order valence-electron chi connectivity index (χ1n) is 5.72. The van der Waals surface area contributed by atoms with Gasteiger partial charge in [-0.25, -0.2) is 4.57 Å². The van der Waals surface area contributed by atoms with E-state index in [0.717, 1.165) is 0 Å². The van der Waals surface area contributed by atoms with Crippen LogP contribution in [-0.2, 0) is 13.9 Å². The third-order valence-electron chi connectivity index (χ3n) is 2.45. The van der Waals surface area contributed by atoms with Gasteiger partial charge in [0.05, 0.1) is 18.1 Å². The van der Waals surface area contributed by atoms with Gasteiger partial charge in [-0.05, 0) is 12.1 Å². The van der Waals surface area contributed by atoms with Crippen molar-refractivity contribution in [3.63, 3.8) is 0 Å². The fourth-order valence-electron chi connectivity index (χ4n) is 1.54. The number of non-ortho nitro benzene ring substituents is 1. The summed E-state index contributed by atoms with van der Waals surface area (Å²) in [6.45, 7) is -2.08. The minimum atomic E-state index is -3.85. The van der Waals surface area contributed by atoms with E-state index < -0.39 is 11.9 Å². The Balaban J connectivity index is 1.96. The van der Waals surface area contributed by atoms with Crippen molar-refractivity contribution in [3.05, 3.63) is 34.4 Å². The molecule has 1 aliphatic rings. The number of hydroxylamine groups is 2. The molecule has 1 saturated heterocycles. The molecule has 1 aromatic carbocycles. The van der Waals surface area contributed by atoms with Crippen LogP contribution in [0.5, 0.6) is 5.75 Å². The third kappa shape index (κ3) is 4.43. The molecule has 110 valence electrons. The minimum Gasteiger partial charge on any atom is -0.412 e. The van der Waals surface area contributed by atoms with E-state index in [2.05, 4.69) is 0 Å². The molecular formula is C10H12ClN2O6P. The smallest absolute Gasteiger partial charge is 0.412 e. The van der Waals surface area contributed by atoms with Crippen molar-refractivity contribution in [1.82, 2.24) is 5.06 Å². The van der Waals surface area contributed by atoms with Crippen molar-refractivity contribution in [2.45, 2.75) is 0 Å². The zero-order chi connectivity index (χ0) is 14.6. The molecule has 8 nitrogen and oxygen atoms in total. The molecule has 0 aliphatic carbocycles. The van der Waals surface area contributed by atoms with E-state index in [4.69, 9.17) is 25.1 Å². The van der Waals surface area contributed by atoms with Gasteiger partial charge in [-0.15, -0.1) is 0 Å². The zero-order valence-electron chi connectivity index (χ0n) is 10.3. The van der Waals surface area contributed by atoms with Gasteiger partial charge >= 0.3 is 6.95 Å². The van der Waals surface area contributed by atoms with E-state index in [9.17, 15) is 14.7 Å². The molecule has 1 fully saturated rings. The lowest BCUT2D eigenvalue weighted by Gasteiger charge is -2.26. The van der Waals surface area contributed by atoms with Crippen molar-refractivity contribution in [2.24, 2.45) is 0 Å². The molecule has 0 spiro atoms. The van der Waals surface area contributed by atoms with Crippen molar-refractivity contribution < 1.29 is 23.4 Å². The monoisotopic (exact) mass is 322 g/mol. The third-order valence-corrected chi connectivity index (χ3v) is 3.69. The van der Waals surface area contributed by atoms with Crippen LogP contribution in [-0.4, -0.2) is 36.3 Å². The highest BCUT2D eigenvalue weighted by atomic mass is 35.7. The van der Waals surface area contributed by atoms with Crippen molar-refractivity contribution in [2.75, 3.05) is 26.3 Å². The van der Waals surface area contributed by atoms with E-state index in [1.807, 2.05) is 0 Å². The number of benzene rings is 1. The Morgan fingerprint density at radius 1 is 1.30 bits per heavy atom. The van der Waals surface area contributed by atoms with Gasteiger partial charge in [0.15, 0.2) is 0 Å². The van der Waals surface area contributed by atoms with Gasteiger partial charge in [0.1, 0.15) is 5.75 Å². The molecule has 1 unspecified atom stereocenters. The van der Waals surface area contributed by atoms with Gasteiger partial charge in [-0.3, -0.25) is 10.1 Å². The van der Waals surface area contributed by atoms with E-state index >= 15 is 0 Å². The Bertz CT molecular complexity index is 519. The van der Waals surface area contributed by atoms with Crippen LogP contribution < -0.4 is 4.52 Å². The van der Waals surface area contributed by atoms with Crippen LogP contribution in [0.1, 0.15) is 0 Å². The average Bonchev–Trinajstić information content (AvgIpc) is 2.39. The molecule has 0 bridgehead atoms. The highest BCUT2D eigenvalue weighted by molar-refractivity contribution is 7.81. The standard InChI is InChI=1S/C10H12ClN2O6P/c11-20(16,19-12-5-7-17-8-6-12)18-10-3-1-9(2-4-10)13(14)15/h1-4H,5-8H2. The lowest BCUT2D eigenvalue weighted by Crippen LogP contribution is -2.35. The number of nitro groups is 1. The van der Waals surface area contributed by atoms with Crippen molar-refractivity contribution >= 4 is 23.9 Å². The Morgan fingerprint density at radius 3 is 2.45 bits per heavy atom. The molecule has 1 aliphatic heterocycles. The summed E-state index contributed by atoms with van der Waals surface area (Å²) in [6.07, 6.45) is 0. The van der Waals surface area contributed by atoms with Crippen molar-refractivity contribution in [1.29, 1.82) is 0 Å². The van der Waals surface area contributed by atoms with Crippen LogP contribution in [0, 0.1) is 10.1 Å². The minimum absolute atomic E-state index is 0.101. The summed E-state index contributed by atoms with van der Waals surface area (Å²) in [5.41, 5.74) is -0.101. The maximum atomic E-state index is 12.0. The highest BCUT2D eigenvalue weighted by Crippen LogP contribution is 2.54. The number of morpholine rings is 1. The molecule has 1 heterocycles.